The molecule has 0 saturated heterocycles. The second-order valence-electron chi connectivity index (χ2n) is 19.1. The van der Waals surface area contributed by atoms with Gasteiger partial charge in [0, 0.05) is 67.0 Å². The number of para-hydroxylation sites is 2. The molecule has 354 valence electrons. The third kappa shape index (κ3) is 7.94. The Balaban J connectivity index is 0.856. The normalized spacial score (nSPS) is 11.5. The maximum Gasteiger partial charge on any atom is 0.123 e. The van der Waals surface area contributed by atoms with Gasteiger partial charge in [-0.25, -0.2) is 8.78 Å². The highest BCUT2D eigenvalue weighted by molar-refractivity contribution is 6.12. The van der Waals surface area contributed by atoms with Crippen molar-refractivity contribution >= 4 is 77.7 Å². The summed E-state index contributed by atoms with van der Waals surface area (Å²) in [5.74, 6) is -0.568. The summed E-state index contributed by atoms with van der Waals surface area (Å²) in [6, 6.07) is 86.8. The SMILES string of the molecule is Cc1ccc(-n2c3ccccc3c3cc(N(c4ccc(F)cc4)c4ccc(-c5cccc(-c6cccc(N(c7ccc(F)cc7)c7ccc8c(c7)c7ccccc7n8-c7ccc(C)cc7)c6)c5)cc4)ccc32)cc1. The molecule has 0 radical (unpaired) electrons. The smallest absolute Gasteiger partial charge is 0.123 e. The molecule has 0 aliphatic heterocycles. The van der Waals surface area contributed by atoms with Gasteiger partial charge in [0.25, 0.3) is 0 Å². The van der Waals surface area contributed by atoms with E-state index in [2.05, 4.69) is 239 Å². The number of nitrogens with zero attached hydrogens (tertiary/aromatic N) is 4. The van der Waals surface area contributed by atoms with Crippen LogP contribution in [0.1, 0.15) is 11.1 Å². The van der Waals surface area contributed by atoms with Gasteiger partial charge in [0.2, 0.25) is 0 Å². The van der Waals surface area contributed by atoms with E-state index in [9.17, 15) is 8.78 Å². The largest absolute Gasteiger partial charge is 0.310 e. The van der Waals surface area contributed by atoms with Crippen molar-refractivity contribution in [3.05, 3.63) is 278 Å². The van der Waals surface area contributed by atoms with Crippen LogP contribution in [0.5, 0.6) is 0 Å². The number of hydrogen-bond donors (Lipinski definition) is 0. The van der Waals surface area contributed by atoms with Gasteiger partial charge in [0.05, 0.1) is 22.1 Å². The van der Waals surface area contributed by atoms with Gasteiger partial charge < -0.3 is 18.9 Å². The zero-order chi connectivity index (χ0) is 49.9. The van der Waals surface area contributed by atoms with E-state index >= 15 is 0 Å². The first kappa shape index (κ1) is 44.4. The van der Waals surface area contributed by atoms with Crippen LogP contribution in [-0.4, -0.2) is 9.13 Å². The molecule has 11 aromatic carbocycles. The lowest BCUT2D eigenvalue weighted by molar-refractivity contribution is 0.627. The quantitative estimate of drug-likeness (QED) is 0.136. The van der Waals surface area contributed by atoms with Crippen LogP contribution in [-0.2, 0) is 0 Å². The van der Waals surface area contributed by atoms with Gasteiger partial charge in [-0.05, 0) is 188 Å². The molecule has 0 bridgehead atoms. The molecule has 4 nitrogen and oxygen atoms in total. The minimum atomic E-state index is -0.285. The van der Waals surface area contributed by atoms with E-state index in [-0.39, 0.29) is 11.6 Å². The predicted octanol–water partition coefficient (Wildman–Crippen LogP) is 19.0. The molecular weight excluding hydrogens is 911 g/mol. The molecular formula is C68H48F2N4. The average Bonchev–Trinajstić information content (AvgIpc) is 3.95. The van der Waals surface area contributed by atoms with Crippen molar-refractivity contribution in [1.29, 1.82) is 0 Å². The molecule has 0 aliphatic rings. The van der Waals surface area contributed by atoms with Crippen LogP contribution >= 0.6 is 0 Å². The lowest BCUT2D eigenvalue weighted by Crippen LogP contribution is -2.10. The third-order valence-corrected chi connectivity index (χ3v) is 14.3. The molecule has 0 aliphatic carbocycles. The number of hydrogen-bond acceptors (Lipinski definition) is 2. The Labute approximate surface area is 428 Å². The Morgan fingerprint density at radius 2 is 0.635 bits per heavy atom. The van der Waals surface area contributed by atoms with Gasteiger partial charge in [-0.3, -0.25) is 0 Å². The maximum absolute atomic E-state index is 14.5. The Morgan fingerprint density at radius 1 is 0.270 bits per heavy atom. The van der Waals surface area contributed by atoms with E-state index in [1.54, 1.807) is 0 Å². The topological polar surface area (TPSA) is 16.3 Å². The molecule has 2 heterocycles. The summed E-state index contributed by atoms with van der Waals surface area (Å²) in [5, 5.41) is 4.58. The van der Waals surface area contributed by atoms with E-state index in [0.717, 1.165) is 111 Å². The van der Waals surface area contributed by atoms with Crippen molar-refractivity contribution in [2.75, 3.05) is 9.80 Å². The van der Waals surface area contributed by atoms with Crippen LogP contribution in [0.4, 0.5) is 42.9 Å². The van der Waals surface area contributed by atoms with Crippen molar-refractivity contribution in [2.24, 2.45) is 0 Å². The van der Waals surface area contributed by atoms with Crippen molar-refractivity contribution in [2.45, 2.75) is 13.8 Å². The Kier molecular flexibility index (Phi) is 11.0. The molecule has 0 N–H and O–H groups in total. The standard InChI is InChI=1S/C68H48F2N4/c1-45-17-27-56(28-18-45)73-65-15-5-3-13-61(65)63-43-59(37-39-67(63)73)71(54-33-23-51(69)24-34-54)53-31-21-47(22-32-53)48-9-7-10-49(41-48)50-11-8-12-58(42-50)72(55-35-25-52(70)26-36-55)60-38-40-68-64(44-60)62-14-4-6-16-66(62)74(68)57-29-19-46(2)20-30-57/h3-44H,1-2H3. The van der Waals surface area contributed by atoms with E-state index in [0.29, 0.717) is 0 Å². The summed E-state index contributed by atoms with van der Waals surface area (Å²) in [5.41, 5.74) is 18.9. The molecule has 13 rings (SSSR count). The van der Waals surface area contributed by atoms with Gasteiger partial charge in [0.15, 0.2) is 0 Å². The zero-order valence-electron chi connectivity index (χ0n) is 40.8. The van der Waals surface area contributed by atoms with Crippen LogP contribution in [0.2, 0.25) is 0 Å². The van der Waals surface area contributed by atoms with Crippen LogP contribution < -0.4 is 9.80 Å². The fourth-order valence-electron chi connectivity index (χ4n) is 10.7. The number of aromatic nitrogens is 2. The Morgan fingerprint density at radius 3 is 1.12 bits per heavy atom. The van der Waals surface area contributed by atoms with Gasteiger partial charge in [-0.15, -0.1) is 0 Å². The molecule has 0 amide bonds. The van der Waals surface area contributed by atoms with Gasteiger partial charge >= 0.3 is 0 Å². The fourth-order valence-corrected chi connectivity index (χ4v) is 10.7. The summed E-state index contributed by atoms with van der Waals surface area (Å²) >= 11 is 0. The summed E-state index contributed by atoms with van der Waals surface area (Å²) in [7, 11) is 0. The molecule has 0 atom stereocenters. The fraction of sp³-hybridized carbons (Fsp3) is 0.0294. The lowest BCUT2D eigenvalue weighted by atomic mass is 9.98. The van der Waals surface area contributed by atoms with Gasteiger partial charge in [-0.2, -0.15) is 0 Å². The maximum atomic E-state index is 14.5. The first-order valence-electron chi connectivity index (χ1n) is 24.9. The minimum absolute atomic E-state index is 0.283. The Bertz CT molecular complexity index is 4210. The number of anilines is 6. The minimum Gasteiger partial charge on any atom is -0.310 e. The van der Waals surface area contributed by atoms with Crippen molar-refractivity contribution in [1.82, 2.24) is 9.13 Å². The molecule has 0 fully saturated rings. The van der Waals surface area contributed by atoms with Crippen molar-refractivity contribution in [3.8, 4) is 33.6 Å². The molecule has 0 saturated carbocycles. The molecule has 0 unspecified atom stereocenters. The van der Waals surface area contributed by atoms with E-state index in [1.165, 1.54) is 35.4 Å². The summed E-state index contributed by atoms with van der Waals surface area (Å²) < 4.78 is 33.7. The summed E-state index contributed by atoms with van der Waals surface area (Å²) in [6.07, 6.45) is 0. The average molecular weight is 959 g/mol. The van der Waals surface area contributed by atoms with Crippen LogP contribution in [0.25, 0.3) is 77.2 Å². The summed E-state index contributed by atoms with van der Waals surface area (Å²) in [6.45, 7) is 4.22. The van der Waals surface area contributed by atoms with E-state index in [4.69, 9.17) is 0 Å². The highest BCUT2D eigenvalue weighted by Gasteiger charge is 2.20. The van der Waals surface area contributed by atoms with Crippen LogP contribution in [0, 0.1) is 25.5 Å². The summed E-state index contributed by atoms with van der Waals surface area (Å²) in [4.78, 5) is 4.39. The van der Waals surface area contributed by atoms with Crippen LogP contribution in [0.3, 0.4) is 0 Å². The molecule has 2 aromatic heterocycles. The lowest BCUT2D eigenvalue weighted by Gasteiger charge is -2.26. The number of aryl methyl sites for hydroxylation is 2. The first-order valence-corrected chi connectivity index (χ1v) is 24.9. The monoisotopic (exact) mass is 958 g/mol. The van der Waals surface area contributed by atoms with E-state index < -0.39 is 0 Å². The first-order chi connectivity index (χ1) is 36.3. The number of fused-ring (bicyclic) bond motifs is 6. The number of rotatable bonds is 10. The number of benzene rings is 11. The highest BCUT2D eigenvalue weighted by Crippen LogP contribution is 2.43. The van der Waals surface area contributed by atoms with Crippen LogP contribution in [0.15, 0.2) is 255 Å². The van der Waals surface area contributed by atoms with E-state index in [1.807, 2.05) is 24.3 Å². The van der Waals surface area contributed by atoms with Gasteiger partial charge in [0.1, 0.15) is 11.6 Å². The predicted molar refractivity (Wildman–Crippen MR) is 305 cm³/mol. The second-order valence-corrected chi connectivity index (χ2v) is 19.1. The zero-order valence-corrected chi connectivity index (χ0v) is 40.8. The number of halogens is 2. The molecule has 13 aromatic rings. The molecule has 0 spiro atoms. The molecule has 74 heavy (non-hydrogen) atoms. The third-order valence-electron chi connectivity index (χ3n) is 14.3. The molecule has 6 heteroatoms. The van der Waals surface area contributed by atoms with Crippen molar-refractivity contribution < 1.29 is 8.78 Å². The van der Waals surface area contributed by atoms with Gasteiger partial charge in [-0.1, -0.05) is 114 Å². The highest BCUT2D eigenvalue weighted by atomic mass is 19.1. The Hall–Kier alpha value is -9.52. The van der Waals surface area contributed by atoms with Crippen molar-refractivity contribution in [3.63, 3.8) is 0 Å². The second kappa shape index (κ2) is 18.3.